The van der Waals surface area contributed by atoms with Crippen molar-refractivity contribution in [1.82, 2.24) is 5.32 Å². The Morgan fingerprint density at radius 2 is 1.68 bits per heavy atom. The van der Waals surface area contributed by atoms with Gasteiger partial charge in [-0.25, -0.2) is 4.79 Å². The van der Waals surface area contributed by atoms with E-state index in [1.165, 1.54) is 0 Å². The smallest absolute Gasteiger partial charge is 0.407 e. The van der Waals surface area contributed by atoms with Crippen LogP contribution in [0.2, 0.25) is 0 Å². The average Bonchev–Trinajstić information content (AvgIpc) is 2.23. The summed E-state index contributed by atoms with van der Waals surface area (Å²) >= 11 is 0. The number of hydrogen-bond donors (Lipinski definition) is 1. The summed E-state index contributed by atoms with van der Waals surface area (Å²) in [4.78, 5) is 11.5. The summed E-state index contributed by atoms with van der Waals surface area (Å²) in [5, 5.41) is 2.69. The van der Waals surface area contributed by atoms with Crippen LogP contribution in [0.3, 0.4) is 0 Å². The number of nitrogens with one attached hydrogen (secondary N) is 1. The molecule has 0 saturated carbocycles. The number of allylic oxidation sites excluding steroid dienone is 2. The Hall–Kier alpha value is -1.51. The summed E-state index contributed by atoms with van der Waals surface area (Å²) in [6.45, 7) is 21.3. The molecule has 0 aliphatic heterocycles. The second-order valence-corrected chi connectivity index (χ2v) is 5.15. The van der Waals surface area contributed by atoms with Crippen LogP contribution in [0.25, 0.3) is 0 Å². The van der Waals surface area contributed by atoms with Gasteiger partial charge in [-0.2, -0.15) is 0 Å². The molecular formula is C16H29NO2. The third-order valence-electron chi connectivity index (χ3n) is 1.79. The van der Waals surface area contributed by atoms with Crippen molar-refractivity contribution < 1.29 is 9.53 Å². The number of alkyl carbamates (subject to hydrolysis) is 1. The van der Waals surface area contributed by atoms with Crippen LogP contribution in [0.4, 0.5) is 4.79 Å². The summed E-state index contributed by atoms with van der Waals surface area (Å²) in [5.74, 6) is 0. The average molecular weight is 267 g/mol. The Bertz CT molecular complexity index is 346. The van der Waals surface area contributed by atoms with Crippen LogP contribution in [-0.2, 0) is 4.74 Å². The van der Waals surface area contributed by atoms with Gasteiger partial charge >= 0.3 is 6.09 Å². The highest BCUT2D eigenvalue weighted by Crippen LogP contribution is 2.10. The van der Waals surface area contributed by atoms with E-state index in [9.17, 15) is 4.79 Å². The highest BCUT2D eigenvalue weighted by Gasteiger charge is 2.15. The molecule has 0 aliphatic carbocycles. The van der Waals surface area contributed by atoms with Gasteiger partial charge in [-0.1, -0.05) is 44.2 Å². The van der Waals surface area contributed by atoms with Crippen LogP contribution in [0.1, 0.15) is 48.5 Å². The Morgan fingerprint density at radius 3 is 2.00 bits per heavy atom. The summed E-state index contributed by atoms with van der Waals surface area (Å²) in [6, 6.07) is 0. The van der Waals surface area contributed by atoms with E-state index in [4.69, 9.17) is 4.74 Å². The normalized spacial score (nSPS) is 11.0. The maximum atomic E-state index is 11.5. The Labute approximate surface area is 118 Å². The largest absolute Gasteiger partial charge is 0.444 e. The summed E-state index contributed by atoms with van der Waals surface area (Å²) in [5.41, 5.74) is 2.30. The molecule has 0 saturated heterocycles. The SMILES string of the molecule is C=C(C)/C=C(/CNC(=O)OC(C)(C)C)C(=C)C.CC. The third-order valence-corrected chi connectivity index (χ3v) is 1.79. The first kappa shape index (κ1) is 19.8. The van der Waals surface area contributed by atoms with Crippen LogP contribution in [0, 0.1) is 0 Å². The fourth-order valence-corrected chi connectivity index (χ4v) is 1.10. The maximum Gasteiger partial charge on any atom is 0.407 e. The lowest BCUT2D eigenvalue weighted by atomic mass is 10.1. The lowest BCUT2D eigenvalue weighted by Crippen LogP contribution is -2.33. The van der Waals surface area contributed by atoms with Gasteiger partial charge in [0.2, 0.25) is 0 Å². The van der Waals surface area contributed by atoms with Crippen molar-refractivity contribution in [2.24, 2.45) is 0 Å². The molecule has 0 spiro atoms. The van der Waals surface area contributed by atoms with E-state index < -0.39 is 11.7 Å². The summed E-state index contributed by atoms with van der Waals surface area (Å²) in [6.07, 6.45) is 1.48. The van der Waals surface area contributed by atoms with Crippen molar-refractivity contribution in [3.63, 3.8) is 0 Å². The molecule has 0 aromatic heterocycles. The zero-order valence-electron chi connectivity index (χ0n) is 13.5. The Balaban J connectivity index is 0. The molecule has 3 heteroatoms. The summed E-state index contributed by atoms with van der Waals surface area (Å²) in [7, 11) is 0. The summed E-state index contributed by atoms with van der Waals surface area (Å²) < 4.78 is 5.14. The minimum atomic E-state index is -0.481. The van der Waals surface area contributed by atoms with E-state index in [2.05, 4.69) is 18.5 Å². The Morgan fingerprint density at radius 1 is 1.21 bits per heavy atom. The number of carbonyl (C=O) groups is 1. The molecule has 0 radical (unpaired) electrons. The van der Waals surface area contributed by atoms with Gasteiger partial charge in [0.25, 0.3) is 0 Å². The molecule has 3 nitrogen and oxygen atoms in total. The number of hydrogen-bond acceptors (Lipinski definition) is 2. The van der Waals surface area contributed by atoms with Gasteiger partial charge in [0, 0.05) is 6.54 Å². The van der Waals surface area contributed by atoms with E-state index in [0.29, 0.717) is 6.54 Å². The van der Waals surface area contributed by atoms with Crippen molar-refractivity contribution >= 4 is 6.09 Å². The van der Waals surface area contributed by atoms with Gasteiger partial charge in [-0.15, -0.1) is 0 Å². The van der Waals surface area contributed by atoms with Crippen molar-refractivity contribution in [2.75, 3.05) is 6.54 Å². The molecule has 0 rings (SSSR count). The highest BCUT2D eigenvalue weighted by atomic mass is 16.6. The van der Waals surface area contributed by atoms with E-state index in [0.717, 1.165) is 16.7 Å². The van der Waals surface area contributed by atoms with Crippen molar-refractivity contribution in [3.05, 3.63) is 36.0 Å². The minimum Gasteiger partial charge on any atom is -0.444 e. The van der Waals surface area contributed by atoms with Crippen LogP contribution < -0.4 is 5.32 Å². The lowest BCUT2D eigenvalue weighted by molar-refractivity contribution is 0.0533. The number of rotatable bonds is 4. The predicted molar refractivity (Wildman–Crippen MR) is 83.3 cm³/mol. The molecule has 0 bridgehead atoms. The molecule has 19 heavy (non-hydrogen) atoms. The Kier molecular flexibility index (Phi) is 9.83. The number of carbonyl (C=O) groups excluding carboxylic acids is 1. The highest BCUT2D eigenvalue weighted by molar-refractivity contribution is 5.68. The topological polar surface area (TPSA) is 38.3 Å². The second kappa shape index (κ2) is 9.42. The molecular weight excluding hydrogens is 238 g/mol. The fourth-order valence-electron chi connectivity index (χ4n) is 1.10. The maximum absolute atomic E-state index is 11.5. The standard InChI is InChI=1S/C14H23NO2.C2H6/c1-10(2)8-12(11(3)4)9-15-13(16)17-14(5,6)7;1-2/h8H,1,3,9H2,2,4-7H3,(H,15,16);1-2H3/b12-8-;. The first-order valence-corrected chi connectivity index (χ1v) is 6.60. The van der Waals surface area contributed by atoms with Crippen LogP contribution >= 0.6 is 0 Å². The van der Waals surface area contributed by atoms with Crippen LogP contribution in [0.5, 0.6) is 0 Å². The lowest BCUT2D eigenvalue weighted by Gasteiger charge is -2.20. The van der Waals surface area contributed by atoms with Gasteiger partial charge in [0.15, 0.2) is 0 Å². The fraction of sp³-hybridized carbons (Fsp3) is 0.562. The molecule has 0 heterocycles. The number of ether oxygens (including phenoxy) is 1. The zero-order valence-corrected chi connectivity index (χ0v) is 13.5. The molecule has 110 valence electrons. The van der Waals surface area contributed by atoms with Crippen LogP contribution in [0.15, 0.2) is 36.0 Å². The minimum absolute atomic E-state index is 0.400. The van der Waals surface area contributed by atoms with Gasteiger partial charge < -0.3 is 10.1 Å². The zero-order chi connectivity index (χ0) is 15.6. The molecule has 1 amide bonds. The first-order valence-electron chi connectivity index (χ1n) is 6.60. The van der Waals surface area contributed by atoms with E-state index >= 15 is 0 Å². The van der Waals surface area contributed by atoms with Gasteiger partial charge in [0.1, 0.15) is 5.60 Å². The third kappa shape index (κ3) is 12.7. The van der Waals surface area contributed by atoms with Crippen molar-refractivity contribution in [1.29, 1.82) is 0 Å². The molecule has 0 aromatic carbocycles. The van der Waals surface area contributed by atoms with Crippen molar-refractivity contribution in [2.45, 2.75) is 54.1 Å². The molecule has 0 aromatic rings. The second-order valence-electron chi connectivity index (χ2n) is 5.15. The predicted octanol–water partition coefficient (Wildman–Crippen LogP) is 4.62. The van der Waals surface area contributed by atoms with E-state index in [-0.39, 0.29) is 0 Å². The molecule has 0 fully saturated rings. The first-order chi connectivity index (χ1) is 8.61. The van der Waals surface area contributed by atoms with Gasteiger partial charge in [-0.3, -0.25) is 0 Å². The van der Waals surface area contributed by atoms with Crippen LogP contribution in [-0.4, -0.2) is 18.2 Å². The van der Waals surface area contributed by atoms with E-state index in [1.807, 2.05) is 54.5 Å². The van der Waals surface area contributed by atoms with Gasteiger partial charge in [0.05, 0.1) is 0 Å². The molecule has 1 N–H and O–H groups in total. The van der Waals surface area contributed by atoms with Gasteiger partial charge in [-0.05, 0) is 40.2 Å². The monoisotopic (exact) mass is 267 g/mol. The molecule has 0 atom stereocenters. The van der Waals surface area contributed by atoms with Crippen molar-refractivity contribution in [3.8, 4) is 0 Å². The quantitative estimate of drug-likeness (QED) is 0.755. The molecule has 0 unspecified atom stereocenters. The van der Waals surface area contributed by atoms with E-state index in [1.54, 1.807) is 0 Å². The molecule has 0 aliphatic rings. The number of amides is 1.